The number of rotatable bonds is 6. The molecule has 1 saturated heterocycles. The molecule has 1 aliphatic heterocycles. The van der Waals surface area contributed by atoms with Crippen LogP contribution in [0.3, 0.4) is 0 Å². The molecule has 1 atom stereocenters. The lowest BCUT2D eigenvalue weighted by Gasteiger charge is -2.31. The average Bonchev–Trinajstić information content (AvgIpc) is 2.73. The van der Waals surface area contributed by atoms with Gasteiger partial charge in [-0.05, 0) is 43.2 Å². The Morgan fingerprint density at radius 3 is 2.66 bits per heavy atom. The Hall–Kier alpha value is -2.29. The number of nitrogens with zero attached hydrogens (tertiary/aromatic N) is 1. The third-order valence-electron chi connectivity index (χ3n) is 4.85. The molecule has 7 nitrogen and oxygen atoms in total. The van der Waals surface area contributed by atoms with E-state index >= 15 is 0 Å². The third-order valence-corrected chi connectivity index (χ3v) is 7.01. The first-order valence-electron chi connectivity index (χ1n) is 9.13. The Kier molecular flexibility index (Phi) is 6.66. The maximum atomic E-state index is 13.0. The second-order valence-electron chi connectivity index (χ2n) is 6.72. The Labute approximate surface area is 175 Å². The minimum Gasteiger partial charge on any atom is -0.497 e. The molecule has 0 aliphatic carbocycles. The van der Waals surface area contributed by atoms with Crippen molar-refractivity contribution in [1.82, 2.24) is 4.31 Å². The highest BCUT2D eigenvalue weighted by Crippen LogP contribution is 2.30. The van der Waals surface area contributed by atoms with Crippen LogP contribution in [0.25, 0.3) is 0 Å². The van der Waals surface area contributed by atoms with Crippen molar-refractivity contribution < 1.29 is 22.7 Å². The molecule has 3 rings (SSSR count). The number of carbonyl (C=O) groups is 1. The Morgan fingerprint density at radius 1 is 1.17 bits per heavy atom. The molecule has 0 saturated carbocycles. The highest BCUT2D eigenvalue weighted by Gasteiger charge is 2.33. The number of methoxy groups -OCH3 is 2. The molecule has 156 valence electrons. The lowest BCUT2D eigenvalue weighted by molar-refractivity contribution is -0.120. The van der Waals surface area contributed by atoms with Gasteiger partial charge in [0.25, 0.3) is 0 Å². The predicted octanol–water partition coefficient (Wildman–Crippen LogP) is 3.40. The first kappa shape index (κ1) is 21.4. The summed E-state index contributed by atoms with van der Waals surface area (Å²) >= 11 is 6.09. The molecule has 1 N–H and O–H groups in total. The number of hydrogen-bond acceptors (Lipinski definition) is 5. The smallest absolute Gasteiger partial charge is 0.243 e. The van der Waals surface area contributed by atoms with Crippen LogP contribution in [0.5, 0.6) is 11.5 Å². The summed E-state index contributed by atoms with van der Waals surface area (Å²) in [7, 11) is -0.750. The fraction of sp³-hybridized carbons (Fsp3) is 0.350. The summed E-state index contributed by atoms with van der Waals surface area (Å²) in [5, 5.41) is 3.06. The fourth-order valence-electron chi connectivity index (χ4n) is 3.28. The molecule has 29 heavy (non-hydrogen) atoms. The number of anilines is 1. The summed E-state index contributed by atoms with van der Waals surface area (Å²) in [6.07, 6.45) is 1.21. The molecular formula is C20H23ClN2O5S. The molecule has 9 heteroatoms. The van der Waals surface area contributed by atoms with Crippen molar-refractivity contribution in [3.8, 4) is 11.5 Å². The van der Waals surface area contributed by atoms with Crippen LogP contribution in [0.2, 0.25) is 5.02 Å². The van der Waals surface area contributed by atoms with Gasteiger partial charge in [-0.25, -0.2) is 8.42 Å². The molecule has 0 aromatic heterocycles. The first-order chi connectivity index (χ1) is 13.8. The van der Waals surface area contributed by atoms with Crippen LogP contribution in [-0.2, 0) is 14.8 Å². The van der Waals surface area contributed by atoms with E-state index in [-0.39, 0.29) is 22.4 Å². The minimum atomic E-state index is -3.77. The maximum absolute atomic E-state index is 13.0. The predicted molar refractivity (Wildman–Crippen MR) is 111 cm³/mol. The highest BCUT2D eigenvalue weighted by molar-refractivity contribution is 7.89. The van der Waals surface area contributed by atoms with Crippen LogP contribution < -0.4 is 14.8 Å². The monoisotopic (exact) mass is 438 g/mol. The van der Waals surface area contributed by atoms with Gasteiger partial charge >= 0.3 is 0 Å². The molecule has 1 aliphatic rings. The summed E-state index contributed by atoms with van der Waals surface area (Å²) in [4.78, 5) is 12.8. The normalized spacial score (nSPS) is 17.6. The van der Waals surface area contributed by atoms with Gasteiger partial charge in [-0.1, -0.05) is 17.7 Å². The van der Waals surface area contributed by atoms with Crippen LogP contribution in [-0.4, -0.2) is 45.9 Å². The van der Waals surface area contributed by atoms with E-state index in [0.717, 1.165) is 0 Å². The van der Waals surface area contributed by atoms with Gasteiger partial charge in [0, 0.05) is 24.8 Å². The SMILES string of the molecule is COc1cccc(NC(=O)[C@H]2CCCN(S(=O)(=O)c3ccc(OC)c(Cl)c3)C2)c1. The maximum Gasteiger partial charge on any atom is 0.243 e. The summed E-state index contributed by atoms with van der Waals surface area (Å²) in [5.74, 6) is 0.371. The van der Waals surface area contributed by atoms with Gasteiger partial charge in [0.2, 0.25) is 15.9 Å². The van der Waals surface area contributed by atoms with Crippen LogP contribution in [0.4, 0.5) is 5.69 Å². The van der Waals surface area contributed by atoms with Gasteiger partial charge in [0.1, 0.15) is 11.5 Å². The average molecular weight is 439 g/mol. The van der Waals surface area contributed by atoms with E-state index in [1.807, 2.05) is 0 Å². The topological polar surface area (TPSA) is 84.9 Å². The van der Waals surface area contributed by atoms with Gasteiger partial charge in [-0.2, -0.15) is 4.31 Å². The zero-order valence-corrected chi connectivity index (χ0v) is 17.8. The number of ether oxygens (including phenoxy) is 2. The molecule has 1 heterocycles. The molecular weight excluding hydrogens is 416 g/mol. The van der Waals surface area contributed by atoms with Crippen molar-refractivity contribution in [2.75, 3.05) is 32.6 Å². The summed E-state index contributed by atoms with van der Waals surface area (Å²) in [6, 6.07) is 11.4. The van der Waals surface area contributed by atoms with E-state index in [0.29, 0.717) is 36.6 Å². The number of sulfonamides is 1. The molecule has 2 aromatic rings. The summed E-state index contributed by atoms with van der Waals surface area (Å²) < 4.78 is 37.6. The number of hydrogen-bond donors (Lipinski definition) is 1. The second-order valence-corrected chi connectivity index (χ2v) is 9.06. The lowest BCUT2D eigenvalue weighted by atomic mass is 9.98. The Balaban J connectivity index is 1.73. The molecule has 0 radical (unpaired) electrons. The van der Waals surface area contributed by atoms with Crippen LogP contribution in [0, 0.1) is 5.92 Å². The molecule has 0 unspecified atom stereocenters. The highest BCUT2D eigenvalue weighted by atomic mass is 35.5. The van der Waals surface area contributed by atoms with Crippen molar-refractivity contribution in [1.29, 1.82) is 0 Å². The molecule has 1 amide bonds. The molecule has 0 spiro atoms. The third kappa shape index (κ3) is 4.83. The summed E-state index contributed by atoms with van der Waals surface area (Å²) in [6.45, 7) is 0.469. The van der Waals surface area contributed by atoms with E-state index in [4.69, 9.17) is 21.1 Å². The minimum absolute atomic E-state index is 0.0807. The van der Waals surface area contributed by atoms with Crippen LogP contribution in [0.15, 0.2) is 47.4 Å². The first-order valence-corrected chi connectivity index (χ1v) is 11.0. The fourth-order valence-corrected chi connectivity index (χ4v) is 5.15. The Morgan fingerprint density at radius 2 is 1.97 bits per heavy atom. The molecule has 2 aromatic carbocycles. The van der Waals surface area contributed by atoms with Crippen LogP contribution >= 0.6 is 11.6 Å². The largest absolute Gasteiger partial charge is 0.497 e. The van der Waals surface area contributed by atoms with Crippen molar-refractivity contribution in [3.63, 3.8) is 0 Å². The number of benzene rings is 2. The zero-order valence-electron chi connectivity index (χ0n) is 16.2. The van der Waals surface area contributed by atoms with Gasteiger partial charge in [0.15, 0.2) is 0 Å². The number of carbonyl (C=O) groups excluding carboxylic acids is 1. The Bertz CT molecular complexity index is 996. The van der Waals surface area contributed by atoms with Crippen LogP contribution in [0.1, 0.15) is 12.8 Å². The standard InChI is InChI=1S/C20H23ClN2O5S/c1-27-16-7-3-6-15(11-16)22-20(24)14-5-4-10-23(13-14)29(25,26)17-8-9-19(28-2)18(21)12-17/h3,6-9,11-12,14H,4-5,10,13H2,1-2H3,(H,22,24)/t14-/m0/s1. The number of halogens is 1. The number of piperidine rings is 1. The van der Waals surface area contributed by atoms with Crippen molar-refractivity contribution >= 4 is 33.2 Å². The van der Waals surface area contributed by atoms with E-state index in [1.165, 1.54) is 29.6 Å². The van der Waals surface area contributed by atoms with E-state index in [1.54, 1.807) is 31.4 Å². The second kappa shape index (κ2) is 9.02. The van der Waals surface area contributed by atoms with Gasteiger partial charge in [0.05, 0.1) is 30.1 Å². The van der Waals surface area contributed by atoms with Gasteiger partial charge in [-0.3, -0.25) is 4.79 Å². The molecule has 0 bridgehead atoms. The molecule has 1 fully saturated rings. The summed E-state index contributed by atoms with van der Waals surface area (Å²) in [5.41, 5.74) is 0.608. The van der Waals surface area contributed by atoms with E-state index < -0.39 is 15.9 Å². The van der Waals surface area contributed by atoms with Gasteiger partial charge in [-0.15, -0.1) is 0 Å². The van der Waals surface area contributed by atoms with Gasteiger partial charge < -0.3 is 14.8 Å². The zero-order chi connectivity index (χ0) is 21.0. The quantitative estimate of drug-likeness (QED) is 0.747. The lowest BCUT2D eigenvalue weighted by Crippen LogP contribution is -2.43. The number of amides is 1. The number of nitrogens with one attached hydrogen (secondary N) is 1. The van der Waals surface area contributed by atoms with Crippen molar-refractivity contribution in [3.05, 3.63) is 47.5 Å². The van der Waals surface area contributed by atoms with E-state index in [2.05, 4.69) is 5.32 Å². The van der Waals surface area contributed by atoms with Crippen molar-refractivity contribution in [2.24, 2.45) is 5.92 Å². The van der Waals surface area contributed by atoms with Crippen molar-refractivity contribution in [2.45, 2.75) is 17.7 Å². The van der Waals surface area contributed by atoms with E-state index in [9.17, 15) is 13.2 Å².